The summed E-state index contributed by atoms with van der Waals surface area (Å²) >= 11 is 6.60. The van der Waals surface area contributed by atoms with Crippen molar-refractivity contribution in [1.29, 1.82) is 0 Å². The van der Waals surface area contributed by atoms with Crippen molar-refractivity contribution in [3.8, 4) is 17.4 Å². The third-order valence-electron chi connectivity index (χ3n) is 8.17. The fraction of sp³-hybridized carbons (Fsp3) is 0.250. The number of methoxy groups -OCH3 is 3. The Kier molecular flexibility index (Phi) is 7.53. The Hall–Kier alpha value is -4.12. The SMILES string of the molecule is COc1ccc(S(=O)(=O)N2C(=O)[C@@](c3cccnc3OC)(N3CCCC3c3ccccc3)c3cc(Cl)ccc32)c(OC)c1. The Bertz CT molecular complexity index is 1800. The maximum Gasteiger partial charge on any atom is 0.274 e. The van der Waals surface area contributed by atoms with Crippen LogP contribution in [0.2, 0.25) is 5.02 Å². The number of likely N-dealkylation sites (tertiary alicyclic amines) is 1. The van der Waals surface area contributed by atoms with E-state index in [1.54, 1.807) is 36.5 Å². The van der Waals surface area contributed by atoms with Crippen LogP contribution in [0.25, 0.3) is 0 Å². The van der Waals surface area contributed by atoms with Gasteiger partial charge in [-0.25, -0.2) is 17.7 Å². The Balaban J connectivity index is 1.66. The number of anilines is 1. The first-order valence-corrected chi connectivity index (χ1v) is 15.5. The molecule has 2 aliphatic rings. The molecular formula is C32H30ClN3O6S. The van der Waals surface area contributed by atoms with Gasteiger partial charge in [-0.05, 0) is 60.9 Å². The van der Waals surface area contributed by atoms with Gasteiger partial charge in [-0.3, -0.25) is 9.69 Å². The third-order valence-corrected chi connectivity index (χ3v) is 10.1. The highest BCUT2D eigenvalue weighted by molar-refractivity contribution is 7.93. The van der Waals surface area contributed by atoms with Gasteiger partial charge in [0.1, 0.15) is 16.4 Å². The van der Waals surface area contributed by atoms with E-state index >= 15 is 4.79 Å². The van der Waals surface area contributed by atoms with Gasteiger partial charge in [0.2, 0.25) is 5.88 Å². The number of benzene rings is 3. The first-order chi connectivity index (χ1) is 20.8. The minimum atomic E-state index is -4.52. The lowest BCUT2D eigenvalue weighted by molar-refractivity contribution is -0.127. The lowest BCUT2D eigenvalue weighted by Gasteiger charge is -2.42. The second-order valence-corrected chi connectivity index (χ2v) is 12.5. The lowest BCUT2D eigenvalue weighted by atomic mass is 9.81. The number of aromatic nitrogens is 1. The predicted molar refractivity (Wildman–Crippen MR) is 162 cm³/mol. The number of hydrogen-bond donors (Lipinski definition) is 0. The Morgan fingerprint density at radius 1 is 0.907 bits per heavy atom. The van der Waals surface area contributed by atoms with Gasteiger partial charge < -0.3 is 14.2 Å². The molecule has 222 valence electrons. The van der Waals surface area contributed by atoms with Crippen LogP contribution >= 0.6 is 11.6 Å². The van der Waals surface area contributed by atoms with E-state index < -0.39 is 21.5 Å². The van der Waals surface area contributed by atoms with Crippen molar-refractivity contribution in [3.05, 3.63) is 107 Å². The molecule has 3 heterocycles. The molecule has 1 unspecified atom stereocenters. The second kappa shape index (κ2) is 11.2. The first-order valence-electron chi connectivity index (χ1n) is 13.7. The molecule has 2 atom stereocenters. The van der Waals surface area contributed by atoms with Crippen LogP contribution < -0.4 is 18.5 Å². The number of carbonyl (C=O) groups is 1. The van der Waals surface area contributed by atoms with E-state index in [0.29, 0.717) is 28.4 Å². The fourth-order valence-corrected chi connectivity index (χ4v) is 8.16. The number of nitrogens with zero attached hydrogens (tertiary/aromatic N) is 3. The molecule has 9 nitrogen and oxygen atoms in total. The van der Waals surface area contributed by atoms with Gasteiger partial charge in [0, 0.05) is 41.0 Å². The monoisotopic (exact) mass is 619 g/mol. The summed E-state index contributed by atoms with van der Waals surface area (Å²) in [6.45, 7) is 0.509. The minimum absolute atomic E-state index is 0.0439. The van der Waals surface area contributed by atoms with Crippen molar-refractivity contribution in [2.45, 2.75) is 29.3 Å². The standard InChI is InChI=1S/C32H30ClN3O6S/c1-40-23-14-16-29(28(20-23)41-2)43(38,39)36-27-15-13-22(33)19-25(27)32(31(36)37,24-11-7-17-34-30(24)42-3)35-18-8-12-26(35)21-9-5-4-6-10-21/h4-7,9-11,13-17,19-20,26H,8,12,18H2,1-3H3/t26?,32-/m0/s1. The van der Waals surface area contributed by atoms with E-state index in [4.69, 9.17) is 25.8 Å². The van der Waals surface area contributed by atoms with Crippen molar-refractivity contribution in [3.63, 3.8) is 0 Å². The van der Waals surface area contributed by atoms with Gasteiger partial charge in [-0.1, -0.05) is 41.9 Å². The van der Waals surface area contributed by atoms with E-state index in [2.05, 4.69) is 9.88 Å². The summed E-state index contributed by atoms with van der Waals surface area (Å²) in [5, 5.41) is 0.357. The van der Waals surface area contributed by atoms with Gasteiger partial charge in [0.05, 0.1) is 27.0 Å². The summed E-state index contributed by atoms with van der Waals surface area (Å²) in [6, 6.07) is 22.3. The number of hydrogen-bond acceptors (Lipinski definition) is 8. The van der Waals surface area contributed by atoms with Crippen molar-refractivity contribution < 1.29 is 27.4 Å². The Morgan fingerprint density at radius 3 is 2.42 bits per heavy atom. The number of ether oxygens (including phenoxy) is 3. The molecule has 1 amide bonds. The van der Waals surface area contributed by atoms with E-state index in [1.165, 1.54) is 39.5 Å². The van der Waals surface area contributed by atoms with E-state index in [1.807, 2.05) is 30.3 Å². The first kappa shape index (κ1) is 29.0. The number of amides is 1. The Morgan fingerprint density at radius 2 is 1.70 bits per heavy atom. The summed E-state index contributed by atoms with van der Waals surface area (Å²) in [5.74, 6) is -0.0195. The minimum Gasteiger partial charge on any atom is -0.497 e. The van der Waals surface area contributed by atoms with Gasteiger partial charge in [0.15, 0.2) is 5.54 Å². The number of pyridine rings is 1. The molecule has 0 bridgehead atoms. The maximum absolute atomic E-state index is 15.3. The molecular weight excluding hydrogens is 590 g/mol. The highest BCUT2D eigenvalue weighted by atomic mass is 35.5. The average molecular weight is 620 g/mol. The van der Waals surface area contributed by atoms with Crippen LogP contribution in [0.4, 0.5) is 5.69 Å². The molecule has 4 aromatic rings. The lowest BCUT2D eigenvalue weighted by Crippen LogP contribution is -2.54. The predicted octanol–water partition coefficient (Wildman–Crippen LogP) is 5.58. The third kappa shape index (κ3) is 4.43. The largest absolute Gasteiger partial charge is 0.497 e. The van der Waals surface area contributed by atoms with Crippen LogP contribution in [0.1, 0.15) is 35.6 Å². The fourth-order valence-electron chi connectivity index (χ4n) is 6.38. The molecule has 0 N–H and O–H groups in total. The molecule has 0 saturated carbocycles. The van der Waals surface area contributed by atoms with E-state index in [9.17, 15) is 8.42 Å². The Labute approximate surface area is 255 Å². The molecule has 2 aliphatic heterocycles. The summed E-state index contributed by atoms with van der Waals surface area (Å²) < 4.78 is 46.5. The second-order valence-electron chi connectivity index (χ2n) is 10.3. The highest BCUT2D eigenvalue weighted by Crippen LogP contribution is 2.56. The zero-order valence-corrected chi connectivity index (χ0v) is 25.4. The molecule has 1 fully saturated rings. The highest BCUT2D eigenvalue weighted by Gasteiger charge is 2.62. The van der Waals surface area contributed by atoms with E-state index in [0.717, 1.165) is 22.7 Å². The molecule has 1 aromatic heterocycles. The van der Waals surface area contributed by atoms with Gasteiger partial charge in [-0.2, -0.15) is 0 Å². The molecule has 43 heavy (non-hydrogen) atoms. The van der Waals surface area contributed by atoms with Gasteiger partial charge >= 0.3 is 0 Å². The van der Waals surface area contributed by atoms with Gasteiger partial charge in [0.25, 0.3) is 15.9 Å². The van der Waals surface area contributed by atoms with Crippen LogP contribution in [-0.4, -0.2) is 52.1 Å². The average Bonchev–Trinajstić information content (AvgIpc) is 3.62. The normalized spacial score (nSPS) is 20.2. The van der Waals surface area contributed by atoms with Crippen LogP contribution in [0, 0.1) is 0 Å². The van der Waals surface area contributed by atoms with Crippen molar-refractivity contribution in [2.24, 2.45) is 0 Å². The summed E-state index contributed by atoms with van der Waals surface area (Å²) in [6.07, 6.45) is 3.12. The smallest absolute Gasteiger partial charge is 0.274 e. The van der Waals surface area contributed by atoms with Crippen LogP contribution in [0.3, 0.4) is 0 Å². The summed E-state index contributed by atoms with van der Waals surface area (Å²) in [5.41, 5.74) is 0.418. The van der Waals surface area contributed by atoms with Crippen LogP contribution in [0.5, 0.6) is 17.4 Å². The zero-order chi connectivity index (χ0) is 30.4. The van der Waals surface area contributed by atoms with Gasteiger partial charge in [-0.15, -0.1) is 0 Å². The summed E-state index contributed by atoms with van der Waals surface area (Å²) in [7, 11) is -0.199. The van der Waals surface area contributed by atoms with Crippen LogP contribution in [-0.2, 0) is 20.4 Å². The maximum atomic E-state index is 15.3. The quantitative estimate of drug-likeness (QED) is 0.252. The summed E-state index contributed by atoms with van der Waals surface area (Å²) in [4.78, 5) is 21.6. The molecule has 6 rings (SSSR count). The number of sulfonamides is 1. The molecule has 3 aromatic carbocycles. The number of halogens is 1. The molecule has 0 radical (unpaired) electrons. The van der Waals surface area contributed by atoms with Crippen molar-refractivity contribution in [1.82, 2.24) is 9.88 Å². The number of fused-ring (bicyclic) bond motifs is 1. The number of rotatable bonds is 8. The van der Waals surface area contributed by atoms with Crippen molar-refractivity contribution >= 4 is 33.2 Å². The number of carbonyl (C=O) groups excluding carboxylic acids is 1. The molecule has 0 spiro atoms. The zero-order valence-electron chi connectivity index (χ0n) is 23.9. The molecule has 11 heteroatoms. The van der Waals surface area contributed by atoms with E-state index in [-0.39, 0.29) is 28.3 Å². The molecule has 1 saturated heterocycles. The van der Waals surface area contributed by atoms with Crippen molar-refractivity contribution in [2.75, 3.05) is 32.2 Å². The topological polar surface area (TPSA) is 98.3 Å². The molecule has 0 aliphatic carbocycles. The van der Waals surface area contributed by atoms with Crippen LogP contribution in [0.15, 0.2) is 90.0 Å².